The minimum Gasteiger partial charge on any atom is -0.507 e. The lowest BCUT2D eigenvalue weighted by atomic mass is 10.0. The number of carbonyl (C=O) groups is 2. The van der Waals surface area contributed by atoms with Crippen LogP contribution in [0.5, 0.6) is 5.75 Å². The van der Waals surface area contributed by atoms with Gasteiger partial charge in [0, 0.05) is 31.1 Å². The van der Waals surface area contributed by atoms with Crippen LogP contribution in [-0.4, -0.2) is 53.4 Å². The SMILES string of the molecule is CN1CCCN(C(=O)c2cc(O)c3ccccc3c2)CC1=O. The number of likely N-dealkylation sites (N-methyl/N-ethyl adjacent to an activating group) is 1. The fourth-order valence-corrected chi connectivity index (χ4v) is 2.76. The molecule has 22 heavy (non-hydrogen) atoms. The molecule has 0 aliphatic carbocycles. The predicted octanol–water partition coefficient (Wildman–Crippen LogP) is 1.85. The van der Waals surface area contributed by atoms with Gasteiger partial charge in [-0.15, -0.1) is 0 Å². The zero-order chi connectivity index (χ0) is 15.7. The van der Waals surface area contributed by atoms with Gasteiger partial charge < -0.3 is 14.9 Å². The molecule has 1 saturated heterocycles. The molecule has 1 N–H and O–H groups in total. The molecular formula is C17H18N2O3. The van der Waals surface area contributed by atoms with Crippen LogP contribution >= 0.6 is 0 Å². The molecule has 2 amide bonds. The standard InChI is InChI=1S/C17H18N2O3/c1-18-7-4-8-19(11-16(18)21)17(22)13-9-12-5-2-3-6-14(12)15(20)10-13/h2-3,5-6,9-10,20H,4,7-8,11H2,1H3. The summed E-state index contributed by atoms with van der Waals surface area (Å²) in [6.07, 6.45) is 0.757. The molecule has 1 heterocycles. The molecule has 0 radical (unpaired) electrons. The van der Waals surface area contributed by atoms with Crippen molar-refractivity contribution in [3.8, 4) is 5.75 Å². The summed E-state index contributed by atoms with van der Waals surface area (Å²) in [7, 11) is 1.75. The fourth-order valence-electron chi connectivity index (χ4n) is 2.76. The first-order valence-electron chi connectivity index (χ1n) is 7.31. The Morgan fingerprint density at radius 1 is 1.18 bits per heavy atom. The number of hydrogen-bond acceptors (Lipinski definition) is 3. The number of benzene rings is 2. The van der Waals surface area contributed by atoms with Gasteiger partial charge >= 0.3 is 0 Å². The molecule has 1 aliphatic heterocycles. The van der Waals surface area contributed by atoms with Gasteiger partial charge in [-0.05, 0) is 23.9 Å². The summed E-state index contributed by atoms with van der Waals surface area (Å²) < 4.78 is 0. The van der Waals surface area contributed by atoms with E-state index in [-0.39, 0.29) is 24.1 Å². The summed E-state index contributed by atoms with van der Waals surface area (Å²) in [5.41, 5.74) is 0.411. The Morgan fingerprint density at radius 2 is 1.95 bits per heavy atom. The largest absolute Gasteiger partial charge is 0.507 e. The average Bonchev–Trinajstić information content (AvgIpc) is 2.68. The van der Waals surface area contributed by atoms with Crippen molar-refractivity contribution in [2.24, 2.45) is 0 Å². The van der Waals surface area contributed by atoms with Gasteiger partial charge in [-0.3, -0.25) is 9.59 Å². The Hall–Kier alpha value is -2.56. The fraction of sp³-hybridized carbons (Fsp3) is 0.294. The van der Waals surface area contributed by atoms with Gasteiger partial charge in [-0.2, -0.15) is 0 Å². The van der Waals surface area contributed by atoms with E-state index in [4.69, 9.17) is 0 Å². The van der Waals surface area contributed by atoms with Crippen molar-refractivity contribution < 1.29 is 14.7 Å². The first kappa shape index (κ1) is 14.4. The van der Waals surface area contributed by atoms with Crippen molar-refractivity contribution >= 4 is 22.6 Å². The Bertz CT molecular complexity index is 742. The van der Waals surface area contributed by atoms with Crippen molar-refractivity contribution in [3.05, 3.63) is 42.0 Å². The summed E-state index contributed by atoms with van der Waals surface area (Å²) in [5, 5.41) is 11.6. The Balaban J connectivity index is 1.93. The normalized spacial score (nSPS) is 16.0. The molecule has 5 nitrogen and oxygen atoms in total. The summed E-state index contributed by atoms with van der Waals surface area (Å²) in [5.74, 6) is -0.194. The maximum Gasteiger partial charge on any atom is 0.254 e. The van der Waals surface area contributed by atoms with E-state index in [1.54, 1.807) is 22.9 Å². The van der Waals surface area contributed by atoms with Gasteiger partial charge in [0.05, 0.1) is 0 Å². The molecule has 1 fully saturated rings. The third-order valence-corrected chi connectivity index (χ3v) is 4.05. The highest BCUT2D eigenvalue weighted by molar-refractivity contribution is 6.01. The van der Waals surface area contributed by atoms with Crippen LogP contribution in [0.4, 0.5) is 0 Å². The van der Waals surface area contributed by atoms with E-state index < -0.39 is 0 Å². The number of carbonyl (C=O) groups excluding carboxylic acids is 2. The monoisotopic (exact) mass is 298 g/mol. The predicted molar refractivity (Wildman–Crippen MR) is 83.8 cm³/mol. The van der Waals surface area contributed by atoms with Crippen LogP contribution in [0.2, 0.25) is 0 Å². The molecule has 0 atom stereocenters. The number of phenols is 1. The summed E-state index contributed by atoms with van der Waals surface area (Å²) in [6, 6.07) is 10.6. The molecule has 2 aromatic carbocycles. The summed E-state index contributed by atoms with van der Waals surface area (Å²) in [4.78, 5) is 27.8. The number of phenolic OH excluding ortho intramolecular Hbond substituents is 1. The van der Waals surface area contributed by atoms with Gasteiger partial charge in [0.2, 0.25) is 5.91 Å². The van der Waals surface area contributed by atoms with Crippen molar-refractivity contribution in [1.29, 1.82) is 0 Å². The van der Waals surface area contributed by atoms with Crippen molar-refractivity contribution in [2.45, 2.75) is 6.42 Å². The second-order valence-corrected chi connectivity index (χ2v) is 5.61. The molecule has 0 spiro atoms. The van der Waals surface area contributed by atoms with E-state index in [1.165, 1.54) is 6.07 Å². The van der Waals surface area contributed by atoms with E-state index in [0.29, 0.717) is 24.0 Å². The van der Waals surface area contributed by atoms with Crippen LogP contribution in [0.25, 0.3) is 10.8 Å². The quantitative estimate of drug-likeness (QED) is 0.874. The highest BCUT2D eigenvalue weighted by atomic mass is 16.3. The second kappa shape index (κ2) is 5.67. The van der Waals surface area contributed by atoms with Gasteiger partial charge in [-0.1, -0.05) is 24.3 Å². The molecule has 114 valence electrons. The zero-order valence-corrected chi connectivity index (χ0v) is 12.5. The van der Waals surface area contributed by atoms with Crippen LogP contribution in [-0.2, 0) is 4.79 Å². The van der Waals surface area contributed by atoms with Gasteiger partial charge in [-0.25, -0.2) is 0 Å². The average molecular weight is 298 g/mol. The van der Waals surface area contributed by atoms with Gasteiger partial charge in [0.15, 0.2) is 0 Å². The van der Waals surface area contributed by atoms with E-state index in [1.807, 2.05) is 24.3 Å². The Morgan fingerprint density at radius 3 is 2.77 bits per heavy atom. The topological polar surface area (TPSA) is 60.9 Å². The Labute approximate surface area is 128 Å². The number of rotatable bonds is 1. The summed E-state index contributed by atoms with van der Waals surface area (Å²) >= 11 is 0. The molecule has 0 unspecified atom stereocenters. The first-order chi connectivity index (χ1) is 10.6. The molecule has 0 aromatic heterocycles. The smallest absolute Gasteiger partial charge is 0.254 e. The number of nitrogens with zero attached hydrogens (tertiary/aromatic N) is 2. The van der Waals surface area contributed by atoms with Crippen LogP contribution < -0.4 is 0 Å². The lowest BCUT2D eigenvalue weighted by molar-refractivity contribution is -0.129. The number of aromatic hydroxyl groups is 1. The maximum absolute atomic E-state index is 12.6. The van der Waals surface area contributed by atoms with Crippen LogP contribution in [0.15, 0.2) is 36.4 Å². The van der Waals surface area contributed by atoms with Crippen molar-refractivity contribution in [2.75, 3.05) is 26.7 Å². The lowest BCUT2D eigenvalue weighted by Crippen LogP contribution is -2.38. The minimum absolute atomic E-state index is 0.0594. The van der Waals surface area contributed by atoms with Crippen molar-refractivity contribution in [1.82, 2.24) is 9.80 Å². The molecule has 3 rings (SSSR count). The third-order valence-electron chi connectivity index (χ3n) is 4.05. The van der Waals surface area contributed by atoms with Crippen LogP contribution in [0.3, 0.4) is 0 Å². The maximum atomic E-state index is 12.6. The number of hydrogen-bond donors (Lipinski definition) is 1. The van der Waals surface area contributed by atoms with Crippen LogP contribution in [0, 0.1) is 0 Å². The summed E-state index contributed by atoms with van der Waals surface area (Å²) in [6.45, 7) is 1.29. The molecule has 0 saturated carbocycles. The Kier molecular flexibility index (Phi) is 3.71. The molecule has 0 bridgehead atoms. The minimum atomic E-state index is -0.218. The third kappa shape index (κ3) is 2.62. The molecular weight excluding hydrogens is 280 g/mol. The molecule has 5 heteroatoms. The van der Waals surface area contributed by atoms with Crippen LogP contribution in [0.1, 0.15) is 16.8 Å². The highest BCUT2D eigenvalue weighted by Gasteiger charge is 2.24. The van der Waals surface area contributed by atoms with E-state index in [2.05, 4.69) is 0 Å². The van der Waals surface area contributed by atoms with Crippen molar-refractivity contribution in [3.63, 3.8) is 0 Å². The highest BCUT2D eigenvalue weighted by Crippen LogP contribution is 2.27. The molecule has 1 aliphatic rings. The zero-order valence-electron chi connectivity index (χ0n) is 12.5. The van der Waals surface area contributed by atoms with E-state index in [9.17, 15) is 14.7 Å². The number of fused-ring (bicyclic) bond motifs is 1. The van der Waals surface area contributed by atoms with E-state index >= 15 is 0 Å². The van der Waals surface area contributed by atoms with Gasteiger partial charge in [0.25, 0.3) is 5.91 Å². The first-order valence-corrected chi connectivity index (χ1v) is 7.31. The lowest BCUT2D eigenvalue weighted by Gasteiger charge is -2.20. The van der Waals surface area contributed by atoms with Gasteiger partial charge in [0.1, 0.15) is 12.3 Å². The second-order valence-electron chi connectivity index (χ2n) is 5.61. The van der Waals surface area contributed by atoms with E-state index in [0.717, 1.165) is 11.8 Å². The molecule has 2 aromatic rings. The number of amides is 2.